The highest BCUT2D eigenvalue weighted by molar-refractivity contribution is 7.11. The molecule has 1 aromatic rings. The Morgan fingerprint density at radius 1 is 1.30 bits per heavy atom. The minimum absolute atomic E-state index is 0.602. The lowest BCUT2D eigenvalue weighted by Gasteiger charge is -1.98. The zero-order valence-corrected chi connectivity index (χ0v) is 13.5. The molecule has 0 aliphatic heterocycles. The standard InChI is InChI=1S/C15H23NOS.CH4O/c1-3-4-5-6-7-8-9-14-11-16-15(18-14)10-13(2)12-17;1-2/h11-12H,2-10H2,1H3;2H,1H3. The maximum Gasteiger partial charge on any atom is 0.145 e. The molecule has 0 bridgehead atoms. The minimum atomic E-state index is 0.602. The summed E-state index contributed by atoms with van der Waals surface area (Å²) in [5, 5.41) is 8.01. The molecule has 3 nitrogen and oxygen atoms in total. The quantitative estimate of drug-likeness (QED) is 0.404. The highest BCUT2D eigenvalue weighted by Crippen LogP contribution is 2.18. The first-order valence-corrected chi connectivity index (χ1v) is 8.09. The predicted molar refractivity (Wildman–Crippen MR) is 86.2 cm³/mol. The van der Waals surface area contributed by atoms with Crippen LogP contribution >= 0.6 is 11.3 Å². The van der Waals surface area contributed by atoms with E-state index in [-0.39, 0.29) is 0 Å². The first-order chi connectivity index (χ1) is 9.76. The van der Waals surface area contributed by atoms with Gasteiger partial charge in [0.05, 0.1) is 5.01 Å². The van der Waals surface area contributed by atoms with E-state index < -0.39 is 0 Å². The number of thiazole rings is 1. The second-order valence-electron chi connectivity index (χ2n) is 4.69. The average Bonchev–Trinajstić information content (AvgIpc) is 2.92. The second-order valence-corrected chi connectivity index (χ2v) is 5.89. The van der Waals surface area contributed by atoms with Crippen molar-refractivity contribution in [3.05, 3.63) is 28.2 Å². The minimum Gasteiger partial charge on any atom is -0.400 e. The molecule has 0 aliphatic carbocycles. The van der Waals surface area contributed by atoms with Gasteiger partial charge in [0, 0.05) is 24.6 Å². The van der Waals surface area contributed by atoms with E-state index in [9.17, 15) is 4.79 Å². The summed E-state index contributed by atoms with van der Waals surface area (Å²) in [7, 11) is 1.00. The number of allylic oxidation sites excluding steroid dienone is 1. The summed E-state index contributed by atoms with van der Waals surface area (Å²) in [4.78, 5) is 16.2. The fourth-order valence-corrected chi connectivity index (χ4v) is 2.88. The van der Waals surface area contributed by atoms with E-state index in [2.05, 4.69) is 18.5 Å². The maximum absolute atomic E-state index is 10.5. The highest BCUT2D eigenvalue weighted by Gasteiger charge is 2.03. The molecule has 20 heavy (non-hydrogen) atoms. The summed E-state index contributed by atoms with van der Waals surface area (Å²) in [5.41, 5.74) is 0.607. The van der Waals surface area contributed by atoms with Crippen molar-refractivity contribution in [2.45, 2.75) is 58.3 Å². The molecule has 0 unspecified atom stereocenters. The molecular weight excluding hydrogens is 270 g/mol. The molecule has 0 saturated heterocycles. The number of rotatable bonds is 10. The molecule has 0 amide bonds. The molecule has 1 heterocycles. The van der Waals surface area contributed by atoms with Crippen LogP contribution in [0.5, 0.6) is 0 Å². The third-order valence-electron chi connectivity index (χ3n) is 2.92. The van der Waals surface area contributed by atoms with Crippen molar-refractivity contribution in [3.63, 3.8) is 0 Å². The molecule has 0 fully saturated rings. The third kappa shape index (κ3) is 8.99. The Balaban J connectivity index is 0.00000172. The van der Waals surface area contributed by atoms with E-state index >= 15 is 0 Å². The van der Waals surface area contributed by atoms with E-state index in [1.54, 1.807) is 11.3 Å². The number of aryl methyl sites for hydroxylation is 1. The number of hydrogen-bond donors (Lipinski definition) is 1. The summed E-state index contributed by atoms with van der Waals surface area (Å²) in [6.45, 7) is 5.92. The number of aromatic nitrogens is 1. The van der Waals surface area contributed by atoms with Gasteiger partial charge in [-0.15, -0.1) is 11.3 Å². The van der Waals surface area contributed by atoms with Gasteiger partial charge in [0.2, 0.25) is 0 Å². The summed E-state index contributed by atoms with van der Waals surface area (Å²) < 4.78 is 0. The molecule has 4 heteroatoms. The van der Waals surface area contributed by atoms with E-state index in [0.717, 1.165) is 24.8 Å². The van der Waals surface area contributed by atoms with Crippen molar-refractivity contribution in [2.24, 2.45) is 0 Å². The highest BCUT2D eigenvalue weighted by atomic mass is 32.1. The molecule has 0 radical (unpaired) electrons. The molecule has 0 spiro atoms. The van der Waals surface area contributed by atoms with E-state index in [1.165, 1.54) is 43.4 Å². The van der Waals surface area contributed by atoms with Gasteiger partial charge in [-0.25, -0.2) is 4.98 Å². The Morgan fingerprint density at radius 3 is 2.60 bits per heavy atom. The topological polar surface area (TPSA) is 50.2 Å². The number of nitrogens with zero attached hydrogens (tertiary/aromatic N) is 1. The van der Waals surface area contributed by atoms with Gasteiger partial charge in [-0.2, -0.15) is 0 Å². The van der Waals surface area contributed by atoms with Crippen LogP contribution in [0, 0.1) is 0 Å². The molecule has 1 N–H and O–H groups in total. The van der Waals surface area contributed by atoms with Crippen molar-refractivity contribution in [1.29, 1.82) is 0 Å². The summed E-state index contributed by atoms with van der Waals surface area (Å²) >= 11 is 1.71. The van der Waals surface area contributed by atoms with E-state index in [4.69, 9.17) is 5.11 Å². The fraction of sp³-hybridized carbons (Fsp3) is 0.625. The van der Waals surface area contributed by atoms with Crippen molar-refractivity contribution >= 4 is 17.6 Å². The number of aldehydes is 1. The molecule has 0 aliphatic rings. The van der Waals surface area contributed by atoms with E-state index in [1.807, 2.05) is 6.20 Å². The van der Waals surface area contributed by atoms with Crippen LogP contribution in [0.25, 0.3) is 0 Å². The smallest absolute Gasteiger partial charge is 0.145 e. The Bertz CT molecular complexity index is 374. The van der Waals surface area contributed by atoms with Gasteiger partial charge in [-0.05, 0) is 18.4 Å². The zero-order chi connectivity index (χ0) is 15.2. The number of aliphatic hydroxyl groups excluding tert-OH is 1. The van der Waals surface area contributed by atoms with Gasteiger partial charge in [0.1, 0.15) is 6.29 Å². The lowest BCUT2D eigenvalue weighted by atomic mass is 10.1. The normalized spacial score (nSPS) is 9.75. The molecule has 1 rings (SSSR count). The number of carbonyl (C=O) groups excluding carboxylic acids is 1. The SMILES string of the molecule is C=C(C=O)Cc1ncc(CCCCCCCC)s1.CO. The van der Waals surface area contributed by atoms with Crippen molar-refractivity contribution in [2.75, 3.05) is 7.11 Å². The molecule has 0 aromatic carbocycles. The molecule has 114 valence electrons. The van der Waals surface area contributed by atoms with Crippen LogP contribution in [0.15, 0.2) is 18.3 Å². The van der Waals surface area contributed by atoms with Crippen LogP contribution in [0.3, 0.4) is 0 Å². The van der Waals surface area contributed by atoms with E-state index in [0.29, 0.717) is 12.0 Å². The number of carbonyl (C=O) groups is 1. The average molecular weight is 297 g/mol. The van der Waals surface area contributed by atoms with Gasteiger partial charge in [0.25, 0.3) is 0 Å². The van der Waals surface area contributed by atoms with Crippen molar-refractivity contribution in [3.8, 4) is 0 Å². The zero-order valence-electron chi connectivity index (χ0n) is 12.7. The van der Waals surface area contributed by atoms with Crippen molar-refractivity contribution < 1.29 is 9.90 Å². The summed E-state index contributed by atoms with van der Waals surface area (Å²) in [6.07, 6.45) is 12.4. The van der Waals surface area contributed by atoms with Gasteiger partial charge in [0.15, 0.2) is 0 Å². The maximum atomic E-state index is 10.5. The Kier molecular flexibility index (Phi) is 12.4. The fourth-order valence-electron chi connectivity index (χ4n) is 1.86. The number of unbranched alkanes of at least 4 members (excludes halogenated alkanes) is 5. The van der Waals surface area contributed by atoms with Gasteiger partial charge in [-0.3, -0.25) is 4.79 Å². The van der Waals surface area contributed by atoms with Crippen LogP contribution in [0.4, 0.5) is 0 Å². The van der Waals surface area contributed by atoms with Crippen molar-refractivity contribution in [1.82, 2.24) is 4.98 Å². The summed E-state index contributed by atoms with van der Waals surface area (Å²) in [5.74, 6) is 0. The number of hydrogen-bond acceptors (Lipinski definition) is 4. The first kappa shape index (κ1) is 19.0. The Morgan fingerprint density at radius 2 is 1.95 bits per heavy atom. The van der Waals surface area contributed by atoms with Gasteiger partial charge in [-0.1, -0.05) is 45.6 Å². The predicted octanol–water partition coefficient (Wildman–Crippen LogP) is 3.95. The lowest BCUT2D eigenvalue weighted by molar-refractivity contribution is -0.104. The van der Waals surface area contributed by atoms with Crippen LogP contribution in [0.2, 0.25) is 0 Å². The third-order valence-corrected chi connectivity index (χ3v) is 3.98. The number of aliphatic hydroxyl groups is 1. The lowest BCUT2D eigenvalue weighted by Crippen LogP contribution is -1.87. The van der Waals surface area contributed by atoms with Crippen LogP contribution in [0.1, 0.15) is 55.3 Å². The molecule has 0 saturated carbocycles. The Labute approximate surface area is 126 Å². The molecular formula is C16H27NO2S. The summed E-state index contributed by atoms with van der Waals surface area (Å²) in [6, 6.07) is 0. The largest absolute Gasteiger partial charge is 0.400 e. The van der Waals surface area contributed by atoms with Gasteiger partial charge < -0.3 is 5.11 Å². The Hall–Kier alpha value is -1.00. The van der Waals surface area contributed by atoms with Gasteiger partial charge >= 0.3 is 0 Å². The first-order valence-electron chi connectivity index (χ1n) is 7.27. The second kappa shape index (κ2) is 13.0. The van der Waals surface area contributed by atoms with Crippen LogP contribution in [-0.4, -0.2) is 23.5 Å². The molecule has 1 aromatic heterocycles. The van der Waals surface area contributed by atoms with Crippen LogP contribution < -0.4 is 0 Å². The monoisotopic (exact) mass is 297 g/mol. The van der Waals surface area contributed by atoms with Crippen LogP contribution in [-0.2, 0) is 17.6 Å². The molecule has 0 atom stereocenters.